The van der Waals surface area contributed by atoms with Crippen LogP contribution in [0.1, 0.15) is 37.8 Å². The lowest BCUT2D eigenvalue weighted by Crippen LogP contribution is -2.45. The summed E-state index contributed by atoms with van der Waals surface area (Å²) in [6.45, 7) is 3.87. The molecule has 2 aromatic carbocycles. The average molecular weight is 492 g/mol. The number of nitrogens with zero attached hydrogens (tertiary/aromatic N) is 3. The number of carbonyl (C=O) groups is 1. The highest BCUT2D eigenvalue weighted by molar-refractivity contribution is 6.41. The lowest BCUT2D eigenvalue weighted by molar-refractivity contribution is -0.119. The van der Waals surface area contributed by atoms with Crippen LogP contribution in [0.4, 0.5) is 5.69 Å². The number of hydrogen-bond acceptors (Lipinski definition) is 4. The van der Waals surface area contributed by atoms with Gasteiger partial charge in [-0.05, 0) is 60.6 Å². The first kappa shape index (κ1) is 22.0. The number of fused-ring (bicyclic) bond motifs is 1. The Labute approximate surface area is 203 Å². The molecule has 168 valence electrons. The van der Waals surface area contributed by atoms with Crippen molar-refractivity contribution >= 4 is 52.1 Å². The Bertz CT molecular complexity index is 1050. The summed E-state index contributed by atoms with van der Waals surface area (Å²) in [7, 11) is 0. The smallest absolute Gasteiger partial charge is 0.282 e. The van der Waals surface area contributed by atoms with E-state index in [0.717, 1.165) is 18.7 Å². The van der Waals surface area contributed by atoms with Crippen LogP contribution < -0.4 is 10.4 Å². The average Bonchev–Trinajstić information content (AvgIpc) is 3.42. The predicted octanol–water partition coefficient (Wildman–Crippen LogP) is 5.96. The topological polar surface area (TPSA) is 47.9 Å². The van der Waals surface area contributed by atoms with Gasteiger partial charge in [0.1, 0.15) is 5.71 Å². The first-order valence-electron chi connectivity index (χ1n) is 11.0. The van der Waals surface area contributed by atoms with E-state index in [1.807, 2.05) is 42.3 Å². The van der Waals surface area contributed by atoms with E-state index in [1.54, 1.807) is 12.1 Å². The van der Waals surface area contributed by atoms with Crippen LogP contribution in [0, 0.1) is 17.8 Å². The Morgan fingerprint density at radius 2 is 1.66 bits per heavy atom. The van der Waals surface area contributed by atoms with Crippen molar-refractivity contribution in [1.82, 2.24) is 10.4 Å². The van der Waals surface area contributed by atoms with Crippen LogP contribution in [0.15, 0.2) is 47.6 Å². The molecule has 0 spiro atoms. The molecule has 1 aliphatic carbocycles. The van der Waals surface area contributed by atoms with Gasteiger partial charge in [0.15, 0.2) is 0 Å². The molecule has 1 N–H and O–H groups in total. The molecule has 2 unspecified atom stereocenters. The Morgan fingerprint density at radius 1 is 1.00 bits per heavy atom. The van der Waals surface area contributed by atoms with Crippen molar-refractivity contribution in [3.63, 3.8) is 0 Å². The van der Waals surface area contributed by atoms with Crippen LogP contribution in [0.3, 0.4) is 0 Å². The van der Waals surface area contributed by atoms with Gasteiger partial charge in [-0.3, -0.25) is 15.2 Å². The van der Waals surface area contributed by atoms with Gasteiger partial charge in [-0.1, -0.05) is 60.3 Å². The lowest BCUT2D eigenvalue weighted by atomic mass is 9.91. The van der Waals surface area contributed by atoms with E-state index in [-0.39, 0.29) is 17.9 Å². The van der Waals surface area contributed by atoms with E-state index in [4.69, 9.17) is 39.9 Å². The second-order valence-corrected chi connectivity index (χ2v) is 10.3. The zero-order valence-corrected chi connectivity index (χ0v) is 20.0. The second-order valence-electron chi connectivity index (χ2n) is 9.01. The molecule has 1 amide bonds. The van der Waals surface area contributed by atoms with Crippen molar-refractivity contribution in [2.24, 2.45) is 22.9 Å². The molecule has 0 radical (unpaired) electrons. The number of hydrazine groups is 1. The van der Waals surface area contributed by atoms with Crippen molar-refractivity contribution in [3.05, 3.63) is 63.1 Å². The molecule has 2 aliphatic heterocycles. The van der Waals surface area contributed by atoms with Gasteiger partial charge in [0.2, 0.25) is 0 Å². The van der Waals surface area contributed by atoms with Crippen LogP contribution in [-0.2, 0) is 4.79 Å². The van der Waals surface area contributed by atoms with E-state index >= 15 is 0 Å². The number of hydrazone groups is 1. The molecule has 4 atom stereocenters. The number of anilines is 1. The normalized spacial score (nSPS) is 27.5. The molecule has 2 aromatic rings. The molecule has 5 rings (SSSR count). The van der Waals surface area contributed by atoms with Gasteiger partial charge in [-0.25, -0.2) is 5.01 Å². The standard InChI is InChI=1S/C24H25Cl3N4O/c1-14-22(24(32)29-30-12-16-3-2-4-17(16)13-30)28-31(21-10-9-19(26)11-20(21)27)23(14)15-5-7-18(25)8-6-15/h5-11,14,16-17,23H,2-4,12-13H2,1H3,(H,29,32)/t14-,16?,17?,23-/m0/s1. The predicted molar refractivity (Wildman–Crippen MR) is 130 cm³/mol. The molecule has 1 saturated carbocycles. The molecule has 5 nitrogen and oxygen atoms in total. The second kappa shape index (κ2) is 8.86. The maximum Gasteiger partial charge on any atom is 0.282 e. The van der Waals surface area contributed by atoms with Gasteiger partial charge >= 0.3 is 0 Å². The maximum atomic E-state index is 13.3. The van der Waals surface area contributed by atoms with Crippen molar-refractivity contribution in [2.75, 3.05) is 18.1 Å². The quantitative estimate of drug-likeness (QED) is 0.574. The monoisotopic (exact) mass is 490 g/mol. The highest BCUT2D eigenvalue weighted by Crippen LogP contribution is 2.43. The highest BCUT2D eigenvalue weighted by atomic mass is 35.5. The minimum absolute atomic E-state index is 0.148. The van der Waals surface area contributed by atoms with Crippen LogP contribution in [-0.4, -0.2) is 29.7 Å². The summed E-state index contributed by atoms with van der Waals surface area (Å²) in [5.41, 5.74) is 5.33. The number of carbonyl (C=O) groups excluding carboxylic acids is 1. The van der Waals surface area contributed by atoms with Gasteiger partial charge < -0.3 is 0 Å². The lowest BCUT2D eigenvalue weighted by Gasteiger charge is -2.27. The number of nitrogens with one attached hydrogen (secondary N) is 1. The summed E-state index contributed by atoms with van der Waals surface area (Å²) in [5.74, 6) is 1.10. The van der Waals surface area contributed by atoms with Gasteiger partial charge in [0, 0.05) is 29.1 Å². The number of amides is 1. The van der Waals surface area contributed by atoms with Gasteiger partial charge in [0.25, 0.3) is 5.91 Å². The van der Waals surface area contributed by atoms with E-state index in [1.165, 1.54) is 19.3 Å². The zero-order valence-electron chi connectivity index (χ0n) is 17.8. The fraction of sp³-hybridized carbons (Fsp3) is 0.417. The molecule has 8 heteroatoms. The van der Waals surface area contributed by atoms with Crippen molar-refractivity contribution in [3.8, 4) is 0 Å². The molecular weight excluding hydrogens is 467 g/mol. The van der Waals surface area contributed by atoms with Crippen molar-refractivity contribution < 1.29 is 4.79 Å². The van der Waals surface area contributed by atoms with Crippen molar-refractivity contribution in [1.29, 1.82) is 0 Å². The third-order valence-electron chi connectivity index (χ3n) is 6.97. The third kappa shape index (κ3) is 4.12. The molecule has 32 heavy (non-hydrogen) atoms. The zero-order chi connectivity index (χ0) is 22.4. The van der Waals surface area contributed by atoms with Crippen LogP contribution in [0.2, 0.25) is 15.1 Å². The van der Waals surface area contributed by atoms with Crippen LogP contribution >= 0.6 is 34.8 Å². The molecule has 1 saturated heterocycles. The number of halogens is 3. The molecule has 0 bridgehead atoms. The molecule has 0 aromatic heterocycles. The first-order valence-corrected chi connectivity index (χ1v) is 12.2. The molecular formula is C24H25Cl3N4O. The minimum atomic E-state index is -0.190. The van der Waals surface area contributed by atoms with Crippen LogP contribution in [0.25, 0.3) is 0 Å². The summed E-state index contributed by atoms with van der Waals surface area (Å²) < 4.78 is 0. The Hall–Kier alpha value is -1.79. The largest absolute Gasteiger partial charge is 0.284 e. The van der Waals surface area contributed by atoms with Crippen molar-refractivity contribution in [2.45, 2.75) is 32.2 Å². The summed E-state index contributed by atoms with van der Waals surface area (Å²) in [6.07, 6.45) is 3.83. The highest BCUT2D eigenvalue weighted by Gasteiger charge is 2.42. The number of rotatable bonds is 4. The van der Waals surface area contributed by atoms with E-state index in [2.05, 4.69) is 10.4 Å². The fourth-order valence-corrected chi connectivity index (χ4v) is 5.99. The first-order chi connectivity index (χ1) is 15.4. The fourth-order valence-electron chi connectivity index (χ4n) is 5.37. The number of benzene rings is 2. The van der Waals surface area contributed by atoms with E-state index < -0.39 is 0 Å². The molecule has 2 heterocycles. The maximum absolute atomic E-state index is 13.3. The molecule has 2 fully saturated rings. The Balaban J connectivity index is 1.44. The third-order valence-corrected chi connectivity index (χ3v) is 7.76. The van der Waals surface area contributed by atoms with Crippen LogP contribution in [0.5, 0.6) is 0 Å². The Kier molecular flexibility index (Phi) is 6.10. The summed E-state index contributed by atoms with van der Waals surface area (Å²) in [6, 6.07) is 12.8. The minimum Gasteiger partial charge on any atom is -0.284 e. The van der Waals surface area contributed by atoms with Gasteiger partial charge in [-0.15, -0.1) is 0 Å². The Morgan fingerprint density at radius 3 is 2.31 bits per heavy atom. The summed E-state index contributed by atoms with van der Waals surface area (Å²) >= 11 is 18.8. The van der Waals surface area contributed by atoms with Gasteiger partial charge in [-0.2, -0.15) is 5.10 Å². The molecule has 3 aliphatic rings. The van der Waals surface area contributed by atoms with E-state index in [9.17, 15) is 4.79 Å². The summed E-state index contributed by atoms with van der Waals surface area (Å²) in [5, 5.41) is 10.4. The van der Waals surface area contributed by atoms with Gasteiger partial charge in [0.05, 0.1) is 16.8 Å². The number of hydrogen-bond donors (Lipinski definition) is 1. The summed E-state index contributed by atoms with van der Waals surface area (Å²) in [4.78, 5) is 13.3. The van der Waals surface area contributed by atoms with E-state index in [0.29, 0.717) is 38.3 Å². The SMILES string of the molecule is C[C@H]1C(C(=O)NN2CC3CCCC3C2)=NN(c2ccc(Cl)cc2Cl)[C@@H]1c1ccc(Cl)cc1.